The molecule has 25 heavy (non-hydrogen) atoms. The first-order chi connectivity index (χ1) is 12.2. The predicted molar refractivity (Wildman–Crippen MR) is 92.1 cm³/mol. The van der Waals surface area contributed by atoms with Gasteiger partial charge in [-0.15, -0.1) is 10.2 Å². The summed E-state index contributed by atoms with van der Waals surface area (Å²) in [6.45, 7) is 0.220. The zero-order chi connectivity index (χ0) is 17.2. The van der Waals surface area contributed by atoms with Crippen molar-refractivity contribution in [2.45, 2.75) is 19.4 Å². The number of carbonyl (C=O) groups is 1. The molecule has 0 spiro atoms. The number of H-pyrrole nitrogens is 2. The summed E-state index contributed by atoms with van der Waals surface area (Å²) in [6.07, 6.45) is 6.14. The molecule has 0 aliphatic carbocycles. The number of hydrogen-bond donors (Lipinski definition) is 3. The first kappa shape index (κ1) is 15.1. The molecule has 0 saturated heterocycles. The lowest BCUT2D eigenvalue weighted by atomic mass is 10.1. The molecule has 3 aromatic heterocycles. The van der Waals surface area contributed by atoms with E-state index in [1.807, 2.05) is 30.5 Å². The molecule has 0 aliphatic heterocycles. The van der Waals surface area contributed by atoms with Gasteiger partial charge in [0.25, 0.3) is 5.56 Å². The van der Waals surface area contributed by atoms with E-state index in [2.05, 4.69) is 25.5 Å². The normalized spacial score (nSPS) is 11.2. The number of aryl methyl sites for hydroxylation is 1. The van der Waals surface area contributed by atoms with Crippen LogP contribution in [0.1, 0.15) is 17.8 Å². The number of aromatic nitrogens is 5. The van der Waals surface area contributed by atoms with Crippen molar-refractivity contribution in [2.75, 3.05) is 0 Å². The Bertz CT molecular complexity index is 1110. The van der Waals surface area contributed by atoms with Crippen LogP contribution in [0.4, 0.5) is 0 Å². The molecule has 0 aliphatic rings. The third kappa shape index (κ3) is 2.89. The van der Waals surface area contributed by atoms with Crippen molar-refractivity contribution in [1.82, 2.24) is 29.9 Å². The van der Waals surface area contributed by atoms with Crippen LogP contribution in [0.15, 0.2) is 47.7 Å². The number of carbonyl (C=O) groups excluding carboxylic acids is 1. The molecule has 0 unspecified atom stereocenters. The first-order valence-corrected chi connectivity index (χ1v) is 7.95. The van der Waals surface area contributed by atoms with E-state index in [0.717, 1.165) is 16.5 Å². The highest BCUT2D eigenvalue weighted by molar-refractivity contribution is 5.84. The van der Waals surface area contributed by atoms with Crippen molar-refractivity contribution in [3.63, 3.8) is 0 Å². The quantitative estimate of drug-likeness (QED) is 0.508. The fourth-order valence-corrected chi connectivity index (χ4v) is 2.86. The Kier molecular flexibility index (Phi) is 3.77. The van der Waals surface area contributed by atoms with E-state index in [9.17, 15) is 9.59 Å². The molecule has 0 bridgehead atoms. The topological polar surface area (TPSA) is 108 Å². The molecule has 4 rings (SSSR count). The molecule has 0 saturated carbocycles. The van der Waals surface area contributed by atoms with E-state index >= 15 is 0 Å². The first-order valence-electron chi connectivity index (χ1n) is 7.95. The number of nitrogens with zero attached hydrogens (tertiary/aromatic N) is 3. The molecule has 1 amide bonds. The highest BCUT2D eigenvalue weighted by atomic mass is 16.1. The monoisotopic (exact) mass is 336 g/mol. The number of aromatic amines is 2. The molecule has 8 nitrogen and oxygen atoms in total. The van der Waals surface area contributed by atoms with E-state index in [0.29, 0.717) is 18.7 Å². The minimum absolute atomic E-state index is 0.0770. The molecule has 8 heteroatoms. The fraction of sp³-hybridized carbons (Fsp3) is 0.176. The van der Waals surface area contributed by atoms with Crippen LogP contribution in [-0.2, 0) is 17.8 Å². The van der Waals surface area contributed by atoms with Gasteiger partial charge in [-0.05, 0) is 18.1 Å². The number of nitrogens with one attached hydrogen (secondary N) is 3. The summed E-state index contributed by atoms with van der Waals surface area (Å²) in [5.41, 5.74) is 2.08. The highest BCUT2D eigenvalue weighted by Gasteiger charge is 2.10. The number of hydrogen-bond acceptors (Lipinski definition) is 4. The lowest BCUT2D eigenvalue weighted by Gasteiger charge is -2.04. The summed E-state index contributed by atoms with van der Waals surface area (Å²) in [5, 5.41) is 11.7. The SMILES string of the molecule is O=C(CCc1c[nH]c2ccccc12)NCc1nnc2c(=O)[nH]ccn12. The predicted octanol–water partition coefficient (Wildman–Crippen LogP) is 1.15. The summed E-state index contributed by atoms with van der Waals surface area (Å²) in [6, 6.07) is 8.01. The fourth-order valence-electron chi connectivity index (χ4n) is 2.86. The highest BCUT2D eigenvalue weighted by Crippen LogP contribution is 2.18. The van der Waals surface area contributed by atoms with Crippen LogP contribution in [-0.4, -0.2) is 30.5 Å². The molecule has 0 radical (unpaired) electrons. The summed E-state index contributed by atoms with van der Waals surface area (Å²) in [5.74, 6) is 0.438. The smallest absolute Gasteiger partial charge is 0.293 e. The molecular formula is C17H16N6O2. The molecule has 3 heterocycles. The van der Waals surface area contributed by atoms with Gasteiger partial charge in [-0.3, -0.25) is 14.0 Å². The van der Waals surface area contributed by atoms with Gasteiger partial charge in [0.05, 0.1) is 6.54 Å². The zero-order valence-corrected chi connectivity index (χ0v) is 13.3. The Labute approximate surface area is 141 Å². The maximum Gasteiger partial charge on any atom is 0.293 e. The van der Waals surface area contributed by atoms with E-state index in [1.165, 1.54) is 6.20 Å². The van der Waals surface area contributed by atoms with Crippen LogP contribution in [0.3, 0.4) is 0 Å². The van der Waals surface area contributed by atoms with Gasteiger partial charge in [0.15, 0.2) is 5.82 Å². The second kappa shape index (κ2) is 6.23. The van der Waals surface area contributed by atoms with Crippen molar-refractivity contribution in [3.05, 3.63) is 64.6 Å². The Hall–Kier alpha value is -3.42. The van der Waals surface area contributed by atoms with Crippen molar-refractivity contribution >= 4 is 22.5 Å². The van der Waals surface area contributed by atoms with Crippen LogP contribution in [0, 0.1) is 0 Å². The third-order valence-corrected chi connectivity index (χ3v) is 4.15. The minimum atomic E-state index is -0.313. The standard InChI is InChI=1S/C17H16N6O2/c24-15(6-5-11-9-19-13-4-2-1-3-12(11)13)20-10-14-21-22-16-17(25)18-7-8-23(14)16/h1-4,7-9,19H,5-6,10H2,(H,18,25)(H,20,24). The molecular weight excluding hydrogens is 320 g/mol. The van der Waals surface area contributed by atoms with Gasteiger partial charge in [0.2, 0.25) is 11.6 Å². The van der Waals surface area contributed by atoms with E-state index < -0.39 is 0 Å². The lowest BCUT2D eigenvalue weighted by molar-refractivity contribution is -0.121. The molecule has 4 aromatic rings. The van der Waals surface area contributed by atoms with E-state index in [4.69, 9.17) is 0 Å². The van der Waals surface area contributed by atoms with Crippen molar-refractivity contribution in [3.8, 4) is 0 Å². The molecule has 0 fully saturated rings. The molecule has 126 valence electrons. The summed E-state index contributed by atoms with van der Waals surface area (Å²) in [7, 11) is 0. The van der Waals surface area contributed by atoms with Gasteiger partial charge in [0.1, 0.15) is 0 Å². The van der Waals surface area contributed by atoms with E-state index in [1.54, 1.807) is 10.6 Å². The number of amides is 1. The number of benzene rings is 1. The molecule has 0 atom stereocenters. The number of rotatable bonds is 5. The maximum absolute atomic E-state index is 12.1. The molecule has 3 N–H and O–H groups in total. The van der Waals surface area contributed by atoms with Crippen molar-refractivity contribution < 1.29 is 4.79 Å². The summed E-state index contributed by atoms with van der Waals surface area (Å²) < 4.78 is 1.57. The van der Waals surface area contributed by atoms with Crippen LogP contribution in [0.2, 0.25) is 0 Å². The second-order valence-corrected chi connectivity index (χ2v) is 5.74. The average Bonchev–Trinajstić information content (AvgIpc) is 3.23. The zero-order valence-electron chi connectivity index (χ0n) is 13.3. The maximum atomic E-state index is 12.1. The van der Waals surface area contributed by atoms with Gasteiger partial charge in [-0.2, -0.15) is 0 Å². The Morgan fingerprint density at radius 2 is 2.08 bits per heavy atom. The number of para-hydroxylation sites is 1. The third-order valence-electron chi connectivity index (χ3n) is 4.15. The summed E-state index contributed by atoms with van der Waals surface area (Å²) in [4.78, 5) is 29.5. The van der Waals surface area contributed by atoms with Crippen molar-refractivity contribution in [1.29, 1.82) is 0 Å². The van der Waals surface area contributed by atoms with Crippen LogP contribution < -0.4 is 10.9 Å². The van der Waals surface area contributed by atoms with Crippen LogP contribution >= 0.6 is 0 Å². The van der Waals surface area contributed by atoms with Gasteiger partial charge in [-0.25, -0.2) is 0 Å². The average molecular weight is 336 g/mol. The van der Waals surface area contributed by atoms with Gasteiger partial charge in [-0.1, -0.05) is 18.2 Å². The minimum Gasteiger partial charge on any atom is -0.361 e. The van der Waals surface area contributed by atoms with Gasteiger partial charge in [0, 0.05) is 35.9 Å². The molecule has 1 aromatic carbocycles. The van der Waals surface area contributed by atoms with Gasteiger partial charge < -0.3 is 15.3 Å². The van der Waals surface area contributed by atoms with Crippen LogP contribution in [0.25, 0.3) is 16.6 Å². The second-order valence-electron chi connectivity index (χ2n) is 5.74. The largest absolute Gasteiger partial charge is 0.361 e. The Balaban J connectivity index is 1.39. The Morgan fingerprint density at radius 1 is 1.20 bits per heavy atom. The van der Waals surface area contributed by atoms with Crippen LogP contribution in [0.5, 0.6) is 0 Å². The van der Waals surface area contributed by atoms with Gasteiger partial charge >= 0.3 is 0 Å². The van der Waals surface area contributed by atoms with E-state index in [-0.39, 0.29) is 23.7 Å². The Morgan fingerprint density at radius 3 is 3.00 bits per heavy atom. The number of fused-ring (bicyclic) bond motifs is 2. The summed E-state index contributed by atoms with van der Waals surface area (Å²) >= 11 is 0. The lowest BCUT2D eigenvalue weighted by Crippen LogP contribution is -2.24. The van der Waals surface area contributed by atoms with Crippen molar-refractivity contribution in [2.24, 2.45) is 0 Å².